The number of benzene rings is 2. The third-order valence-corrected chi connectivity index (χ3v) is 7.42. The molecule has 0 saturated heterocycles. The molecule has 0 aromatic heterocycles. The molecule has 8 nitrogen and oxygen atoms in total. The molecule has 0 aliphatic heterocycles. The number of anilines is 1. The Hall–Kier alpha value is -3.55. The third-order valence-electron chi connectivity index (χ3n) is 7.42. The van der Waals surface area contributed by atoms with Crippen LogP contribution in [0.15, 0.2) is 42.5 Å². The number of ether oxygens (including phenoxy) is 2. The summed E-state index contributed by atoms with van der Waals surface area (Å²) in [5, 5.41) is 5.88. The van der Waals surface area contributed by atoms with E-state index in [0.29, 0.717) is 24.4 Å². The van der Waals surface area contributed by atoms with Crippen LogP contribution < -0.4 is 15.4 Å². The lowest BCUT2D eigenvalue weighted by atomic mass is 9.91. The molecule has 3 atom stereocenters. The number of aryl methyl sites for hydroxylation is 2. The van der Waals surface area contributed by atoms with Crippen molar-refractivity contribution in [2.75, 3.05) is 19.0 Å². The zero-order valence-corrected chi connectivity index (χ0v) is 27.0. The summed E-state index contributed by atoms with van der Waals surface area (Å²) in [4.78, 5) is 43.3. The Morgan fingerprint density at radius 3 is 2.07 bits per heavy atom. The number of carbonyl (C=O) groups excluding carboxylic acids is 3. The average molecular weight is 582 g/mol. The molecular formula is C34H51N3O5. The Bertz CT molecular complexity index is 1150. The summed E-state index contributed by atoms with van der Waals surface area (Å²) in [5.41, 5.74) is 2.49. The van der Waals surface area contributed by atoms with Gasteiger partial charge in [-0.3, -0.25) is 9.59 Å². The average Bonchev–Trinajstić information content (AvgIpc) is 2.93. The molecule has 2 aromatic rings. The van der Waals surface area contributed by atoms with Gasteiger partial charge in [0.25, 0.3) is 5.91 Å². The second-order valence-corrected chi connectivity index (χ2v) is 12.0. The van der Waals surface area contributed by atoms with Crippen molar-refractivity contribution in [3.63, 3.8) is 0 Å². The van der Waals surface area contributed by atoms with Gasteiger partial charge in [-0.05, 0) is 87.9 Å². The van der Waals surface area contributed by atoms with E-state index in [0.717, 1.165) is 42.4 Å². The highest BCUT2D eigenvalue weighted by molar-refractivity contribution is 5.99. The molecule has 42 heavy (non-hydrogen) atoms. The molecule has 0 spiro atoms. The Morgan fingerprint density at radius 1 is 0.929 bits per heavy atom. The van der Waals surface area contributed by atoms with Gasteiger partial charge in [-0.15, -0.1) is 0 Å². The van der Waals surface area contributed by atoms with Crippen molar-refractivity contribution in [3.8, 4) is 5.75 Å². The number of carbonyl (C=O) groups is 3. The Labute approximate surface area is 252 Å². The van der Waals surface area contributed by atoms with Crippen LogP contribution in [-0.2, 0) is 14.3 Å². The van der Waals surface area contributed by atoms with Crippen LogP contribution in [0.4, 0.5) is 10.5 Å². The fourth-order valence-corrected chi connectivity index (χ4v) is 4.94. The minimum absolute atomic E-state index is 0.188. The number of nitrogens with zero attached hydrogens (tertiary/aromatic N) is 1. The zero-order valence-electron chi connectivity index (χ0n) is 27.0. The predicted octanol–water partition coefficient (Wildman–Crippen LogP) is 7.34. The standard InChI is InChI=1S/C34H51N3O5/c1-10-12-13-14-22-37(32(39)29(23(3)11-2)36-33(40)42-34(6,7)8)30(28-24(4)16-15-17-25(28)5)31(38)35-26-18-20-27(41-9)21-19-26/h15-21,23,29-30H,10-14,22H2,1-9H3,(H,35,38)(H,36,40). The maximum absolute atomic E-state index is 14.5. The summed E-state index contributed by atoms with van der Waals surface area (Å²) in [6, 6.07) is 11.2. The van der Waals surface area contributed by atoms with Crippen LogP contribution in [0.1, 0.15) is 96.4 Å². The first kappa shape index (κ1) is 34.7. The monoisotopic (exact) mass is 581 g/mol. The summed E-state index contributed by atoms with van der Waals surface area (Å²) in [6.45, 7) is 15.7. The highest BCUT2D eigenvalue weighted by Crippen LogP contribution is 2.31. The smallest absolute Gasteiger partial charge is 0.408 e. The molecule has 0 bridgehead atoms. The van der Waals surface area contributed by atoms with Gasteiger partial charge in [0.05, 0.1) is 7.11 Å². The molecule has 0 aliphatic carbocycles. The first-order valence-corrected chi connectivity index (χ1v) is 15.1. The van der Waals surface area contributed by atoms with E-state index in [4.69, 9.17) is 9.47 Å². The first-order valence-electron chi connectivity index (χ1n) is 15.1. The number of nitrogens with one attached hydrogen (secondary N) is 2. The SMILES string of the molecule is CCCCCCN(C(=O)C(NC(=O)OC(C)(C)C)C(C)CC)C(C(=O)Nc1ccc(OC)cc1)c1c(C)cccc1C. The van der Waals surface area contributed by atoms with Crippen LogP contribution in [0.3, 0.4) is 0 Å². The number of methoxy groups -OCH3 is 1. The number of alkyl carbamates (subject to hydrolysis) is 1. The van der Waals surface area contributed by atoms with Gasteiger partial charge in [0.1, 0.15) is 23.4 Å². The van der Waals surface area contributed by atoms with Crippen molar-refractivity contribution in [1.29, 1.82) is 0 Å². The molecule has 2 rings (SSSR count). The minimum Gasteiger partial charge on any atom is -0.497 e. The van der Waals surface area contributed by atoms with Crippen molar-refractivity contribution in [2.24, 2.45) is 5.92 Å². The van der Waals surface area contributed by atoms with Crippen LogP contribution in [0.5, 0.6) is 5.75 Å². The maximum atomic E-state index is 14.5. The summed E-state index contributed by atoms with van der Waals surface area (Å²) >= 11 is 0. The van der Waals surface area contributed by atoms with E-state index in [-0.39, 0.29) is 17.7 Å². The summed E-state index contributed by atoms with van der Waals surface area (Å²) in [5.74, 6) is -0.131. The number of amides is 3. The zero-order chi connectivity index (χ0) is 31.4. The highest BCUT2D eigenvalue weighted by atomic mass is 16.6. The van der Waals surface area contributed by atoms with Crippen molar-refractivity contribution in [1.82, 2.24) is 10.2 Å². The van der Waals surface area contributed by atoms with Crippen LogP contribution in [0, 0.1) is 19.8 Å². The molecule has 8 heteroatoms. The number of rotatable bonds is 14. The van der Waals surface area contributed by atoms with E-state index in [1.807, 2.05) is 45.9 Å². The van der Waals surface area contributed by atoms with Crippen LogP contribution >= 0.6 is 0 Å². The van der Waals surface area contributed by atoms with Gasteiger partial charge < -0.3 is 25.0 Å². The molecular weight excluding hydrogens is 530 g/mol. The predicted molar refractivity (Wildman–Crippen MR) is 169 cm³/mol. The van der Waals surface area contributed by atoms with Crippen molar-refractivity contribution >= 4 is 23.6 Å². The number of hydrogen-bond acceptors (Lipinski definition) is 5. The molecule has 0 saturated carbocycles. The van der Waals surface area contributed by atoms with E-state index in [1.54, 1.807) is 57.0 Å². The quantitative estimate of drug-likeness (QED) is 0.228. The Balaban J connectivity index is 2.62. The van der Waals surface area contributed by atoms with Gasteiger partial charge in [-0.2, -0.15) is 0 Å². The van der Waals surface area contributed by atoms with Crippen LogP contribution in [0.25, 0.3) is 0 Å². The Morgan fingerprint density at radius 2 is 1.55 bits per heavy atom. The lowest BCUT2D eigenvalue weighted by molar-refractivity contribution is -0.142. The van der Waals surface area contributed by atoms with Crippen molar-refractivity contribution in [3.05, 3.63) is 59.2 Å². The van der Waals surface area contributed by atoms with E-state index in [1.165, 1.54) is 0 Å². The molecule has 3 amide bonds. The largest absolute Gasteiger partial charge is 0.497 e. The second-order valence-electron chi connectivity index (χ2n) is 12.0. The van der Waals surface area contributed by atoms with Gasteiger partial charge >= 0.3 is 6.09 Å². The number of unbranched alkanes of at least 4 members (excludes halogenated alkanes) is 3. The molecule has 3 unspecified atom stereocenters. The topological polar surface area (TPSA) is 97.0 Å². The summed E-state index contributed by atoms with van der Waals surface area (Å²) < 4.78 is 10.8. The van der Waals surface area contributed by atoms with Crippen molar-refractivity contribution in [2.45, 2.75) is 105 Å². The van der Waals surface area contributed by atoms with Gasteiger partial charge in [-0.25, -0.2) is 4.79 Å². The molecule has 0 heterocycles. The normalized spacial score (nSPS) is 13.5. The van der Waals surface area contributed by atoms with Gasteiger partial charge in [0.15, 0.2) is 0 Å². The van der Waals surface area contributed by atoms with E-state index in [9.17, 15) is 14.4 Å². The van der Waals surface area contributed by atoms with E-state index in [2.05, 4.69) is 17.6 Å². The van der Waals surface area contributed by atoms with Gasteiger partial charge in [-0.1, -0.05) is 64.7 Å². The molecule has 0 aliphatic rings. The lowest BCUT2D eigenvalue weighted by Gasteiger charge is -2.37. The van der Waals surface area contributed by atoms with Crippen LogP contribution in [0.2, 0.25) is 0 Å². The summed E-state index contributed by atoms with van der Waals surface area (Å²) in [6.07, 6.45) is 3.73. The molecule has 232 valence electrons. The molecule has 0 radical (unpaired) electrons. The number of hydrogen-bond donors (Lipinski definition) is 2. The minimum atomic E-state index is -0.908. The second kappa shape index (κ2) is 16.2. The molecule has 2 N–H and O–H groups in total. The molecule has 0 fully saturated rings. The van der Waals surface area contributed by atoms with Crippen molar-refractivity contribution < 1.29 is 23.9 Å². The summed E-state index contributed by atoms with van der Waals surface area (Å²) in [7, 11) is 1.59. The fraction of sp³-hybridized carbons (Fsp3) is 0.559. The maximum Gasteiger partial charge on any atom is 0.408 e. The molecule has 2 aromatic carbocycles. The van der Waals surface area contributed by atoms with E-state index < -0.39 is 23.8 Å². The highest BCUT2D eigenvalue weighted by Gasteiger charge is 2.39. The Kier molecular flexibility index (Phi) is 13.4. The van der Waals surface area contributed by atoms with Crippen LogP contribution in [-0.4, -0.2) is 48.1 Å². The van der Waals surface area contributed by atoms with Gasteiger partial charge in [0, 0.05) is 12.2 Å². The third kappa shape index (κ3) is 10.1. The fourth-order valence-electron chi connectivity index (χ4n) is 4.94. The van der Waals surface area contributed by atoms with E-state index >= 15 is 0 Å². The van der Waals surface area contributed by atoms with Gasteiger partial charge in [0.2, 0.25) is 5.91 Å². The first-order chi connectivity index (χ1) is 19.8. The lowest BCUT2D eigenvalue weighted by Crippen LogP contribution is -2.55.